The summed E-state index contributed by atoms with van der Waals surface area (Å²) >= 11 is 1.83. The molecule has 2 rings (SSSR count). The van der Waals surface area contributed by atoms with E-state index in [-0.39, 0.29) is 0 Å². The molecule has 2 heterocycles. The fourth-order valence-corrected chi connectivity index (χ4v) is 3.24. The molecule has 3 nitrogen and oxygen atoms in total. The Morgan fingerprint density at radius 3 is 3.17 bits per heavy atom. The number of hydrogen-bond acceptors (Lipinski definition) is 4. The molecule has 18 heavy (non-hydrogen) atoms. The van der Waals surface area contributed by atoms with Gasteiger partial charge in [0, 0.05) is 37.1 Å². The number of likely N-dealkylation sites (tertiary alicyclic amines) is 1. The van der Waals surface area contributed by atoms with Crippen LogP contribution >= 0.6 is 11.3 Å². The molecular weight excluding hydrogens is 242 g/mol. The molecule has 1 aromatic rings. The van der Waals surface area contributed by atoms with E-state index in [0.717, 1.165) is 25.7 Å². The molecule has 1 aromatic heterocycles. The van der Waals surface area contributed by atoms with Crippen LogP contribution < -0.4 is 5.32 Å². The predicted octanol–water partition coefficient (Wildman–Crippen LogP) is 1.86. The van der Waals surface area contributed by atoms with Crippen molar-refractivity contribution < 1.29 is 0 Å². The number of likely N-dealkylation sites (N-methyl/N-ethyl adjacent to an activating group) is 2. The molecule has 1 saturated heterocycles. The van der Waals surface area contributed by atoms with Crippen molar-refractivity contribution >= 4 is 11.3 Å². The molecule has 1 N–H and O–H groups in total. The third-order valence-corrected chi connectivity index (χ3v) is 4.62. The van der Waals surface area contributed by atoms with E-state index in [1.54, 1.807) is 0 Å². The molecule has 0 spiro atoms. The highest BCUT2D eigenvalue weighted by Gasteiger charge is 2.20. The van der Waals surface area contributed by atoms with Gasteiger partial charge in [-0.3, -0.25) is 0 Å². The van der Waals surface area contributed by atoms with Gasteiger partial charge in [0.15, 0.2) is 0 Å². The summed E-state index contributed by atoms with van der Waals surface area (Å²) in [5, 5.41) is 5.66. The van der Waals surface area contributed by atoms with Crippen molar-refractivity contribution in [1.82, 2.24) is 15.1 Å². The van der Waals surface area contributed by atoms with Gasteiger partial charge in [-0.1, -0.05) is 6.07 Å². The highest BCUT2D eigenvalue weighted by molar-refractivity contribution is 7.09. The molecule has 0 aliphatic carbocycles. The Morgan fingerprint density at radius 2 is 2.44 bits per heavy atom. The first kappa shape index (κ1) is 14.0. The Balaban J connectivity index is 1.60. The first-order valence-electron chi connectivity index (χ1n) is 6.87. The second-order valence-electron chi connectivity index (χ2n) is 5.30. The quantitative estimate of drug-likeness (QED) is 0.794. The maximum absolute atomic E-state index is 3.52. The molecule has 1 atom stereocenters. The molecule has 0 saturated carbocycles. The van der Waals surface area contributed by atoms with Gasteiger partial charge in [0.05, 0.1) is 0 Å². The van der Waals surface area contributed by atoms with E-state index < -0.39 is 0 Å². The van der Waals surface area contributed by atoms with Crippen molar-refractivity contribution in [1.29, 1.82) is 0 Å². The molecule has 4 heteroatoms. The van der Waals surface area contributed by atoms with Crippen molar-refractivity contribution in [2.75, 3.05) is 40.3 Å². The fourth-order valence-electron chi connectivity index (χ4n) is 2.56. The van der Waals surface area contributed by atoms with E-state index in [4.69, 9.17) is 0 Å². The highest BCUT2D eigenvalue weighted by atomic mass is 32.1. The summed E-state index contributed by atoms with van der Waals surface area (Å²) in [6.07, 6.45) is 2.69. The topological polar surface area (TPSA) is 18.5 Å². The summed E-state index contributed by atoms with van der Waals surface area (Å²) in [6.45, 7) is 5.72. The maximum Gasteiger partial charge on any atom is 0.0300 e. The lowest BCUT2D eigenvalue weighted by Gasteiger charge is -2.35. The number of nitrogens with one attached hydrogen (secondary N) is 1. The minimum absolute atomic E-state index is 0.743. The summed E-state index contributed by atoms with van der Waals surface area (Å²) in [6, 6.07) is 5.05. The fraction of sp³-hybridized carbons (Fsp3) is 0.714. The molecule has 0 aromatic carbocycles. The zero-order valence-electron chi connectivity index (χ0n) is 11.6. The lowest BCUT2D eigenvalue weighted by molar-refractivity contribution is 0.135. The molecule has 0 bridgehead atoms. The summed E-state index contributed by atoms with van der Waals surface area (Å²) in [4.78, 5) is 6.39. The number of rotatable bonds is 6. The molecule has 1 aliphatic heterocycles. The monoisotopic (exact) mass is 267 g/mol. The zero-order chi connectivity index (χ0) is 12.8. The van der Waals surface area contributed by atoms with Gasteiger partial charge < -0.3 is 15.1 Å². The molecule has 1 aliphatic rings. The lowest BCUT2D eigenvalue weighted by atomic mass is 10.1. The van der Waals surface area contributed by atoms with E-state index in [1.165, 1.54) is 30.8 Å². The van der Waals surface area contributed by atoms with Crippen LogP contribution in [0.1, 0.15) is 17.7 Å². The molecule has 1 unspecified atom stereocenters. The number of hydrogen-bond donors (Lipinski definition) is 1. The van der Waals surface area contributed by atoms with Crippen LogP contribution in [0, 0.1) is 0 Å². The molecule has 0 amide bonds. The van der Waals surface area contributed by atoms with Crippen LogP contribution in [0.4, 0.5) is 0 Å². The van der Waals surface area contributed by atoms with Crippen LogP contribution in [0.3, 0.4) is 0 Å². The van der Waals surface area contributed by atoms with Crippen molar-refractivity contribution in [3.8, 4) is 0 Å². The zero-order valence-corrected chi connectivity index (χ0v) is 12.4. The summed E-state index contributed by atoms with van der Waals surface area (Å²) < 4.78 is 0. The van der Waals surface area contributed by atoms with Crippen molar-refractivity contribution in [3.05, 3.63) is 22.4 Å². The third-order valence-electron chi connectivity index (χ3n) is 3.74. The first-order valence-corrected chi connectivity index (χ1v) is 7.75. The van der Waals surface area contributed by atoms with Crippen molar-refractivity contribution in [3.63, 3.8) is 0 Å². The van der Waals surface area contributed by atoms with Gasteiger partial charge in [-0.05, 0) is 44.9 Å². The number of piperidine rings is 1. The second-order valence-corrected chi connectivity index (χ2v) is 6.33. The summed E-state index contributed by atoms with van der Waals surface area (Å²) in [7, 11) is 4.49. The number of thiophene rings is 1. The van der Waals surface area contributed by atoms with E-state index in [2.05, 4.69) is 46.7 Å². The van der Waals surface area contributed by atoms with E-state index in [0.29, 0.717) is 0 Å². The van der Waals surface area contributed by atoms with Crippen LogP contribution in [0.25, 0.3) is 0 Å². The van der Waals surface area contributed by atoms with Gasteiger partial charge in [-0.2, -0.15) is 0 Å². The van der Waals surface area contributed by atoms with Crippen LogP contribution in [-0.4, -0.2) is 56.1 Å². The van der Waals surface area contributed by atoms with Gasteiger partial charge in [0.25, 0.3) is 0 Å². The predicted molar refractivity (Wildman–Crippen MR) is 79.2 cm³/mol. The Labute approximate surface area is 115 Å². The highest BCUT2D eigenvalue weighted by Crippen LogP contribution is 2.12. The van der Waals surface area contributed by atoms with E-state index in [9.17, 15) is 0 Å². The lowest BCUT2D eigenvalue weighted by Crippen LogP contribution is -2.46. The van der Waals surface area contributed by atoms with Crippen LogP contribution in [0.15, 0.2) is 17.5 Å². The average Bonchev–Trinajstić information content (AvgIpc) is 2.87. The van der Waals surface area contributed by atoms with Crippen LogP contribution in [0.2, 0.25) is 0 Å². The molecular formula is C14H25N3S. The summed E-state index contributed by atoms with van der Waals surface area (Å²) in [5.41, 5.74) is 0. The van der Waals surface area contributed by atoms with Crippen molar-refractivity contribution in [2.24, 2.45) is 0 Å². The minimum atomic E-state index is 0.743. The van der Waals surface area contributed by atoms with Gasteiger partial charge in [0.2, 0.25) is 0 Å². The third kappa shape index (κ3) is 4.35. The first-order chi connectivity index (χ1) is 8.75. The second kappa shape index (κ2) is 7.24. The van der Waals surface area contributed by atoms with Crippen LogP contribution in [-0.2, 0) is 6.54 Å². The standard InChI is InChI=1S/C14H25N3S/c1-16-8-3-5-13(12-16)17(2)9-7-15-11-14-6-4-10-18-14/h4,6,10,13,15H,3,5,7-9,11-12H2,1-2H3. The largest absolute Gasteiger partial charge is 0.311 e. The Bertz CT molecular complexity index is 326. The van der Waals surface area contributed by atoms with Gasteiger partial charge in [0.1, 0.15) is 0 Å². The number of nitrogens with zero attached hydrogens (tertiary/aromatic N) is 2. The average molecular weight is 267 g/mol. The van der Waals surface area contributed by atoms with Gasteiger partial charge in [-0.25, -0.2) is 0 Å². The summed E-state index contributed by atoms with van der Waals surface area (Å²) in [5.74, 6) is 0. The van der Waals surface area contributed by atoms with E-state index in [1.807, 2.05) is 11.3 Å². The minimum Gasteiger partial charge on any atom is -0.311 e. The normalized spacial score (nSPS) is 21.6. The molecule has 0 radical (unpaired) electrons. The van der Waals surface area contributed by atoms with E-state index >= 15 is 0 Å². The van der Waals surface area contributed by atoms with Crippen molar-refractivity contribution in [2.45, 2.75) is 25.4 Å². The SMILES string of the molecule is CN1CCCC(N(C)CCNCc2cccs2)C1. The smallest absolute Gasteiger partial charge is 0.0300 e. The van der Waals surface area contributed by atoms with Gasteiger partial charge in [-0.15, -0.1) is 11.3 Å². The maximum atomic E-state index is 3.52. The Morgan fingerprint density at radius 1 is 1.56 bits per heavy atom. The van der Waals surface area contributed by atoms with Gasteiger partial charge >= 0.3 is 0 Å². The molecule has 1 fully saturated rings. The Kier molecular flexibility index (Phi) is 5.63. The molecule has 102 valence electrons. The Hall–Kier alpha value is -0.420. The van der Waals surface area contributed by atoms with Crippen LogP contribution in [0.5, 0.6) is 0 Å².